The van der Waals surface area contributed by atoms with Gasteiger partial charge in [0.15, 0.2) is 9.79 Å². The monoisotopic (exact) mass is 244 g/mol. The summed E-state index contributed by atoms with van der Waals surface area (Å²) >= 11 is -1.18. The van der Waals surface area contributed by atoms with Crippen molar-refractivity contribution in [2.24, 2.45) is 0 Å². The molecule has 2 nitrogen and oxygen atoms in total. The molecule has 0 aliphatic heterocycles. The third-order valence-electron chi connectivity index (χ3n) is 2.47. The van der Waals surface area contributed by atoms with E-state index in [0.29, 0.717) is 10.5 Å². The molecule has 0 spiro atoms. The average molecular weight is 244 g/mol. The lowest BCUT2D eigenvalue weighted by atomic mass is 10.2. The molecule has 1 atom stereocenters. The Bertz CT molecular complexity index is 503. The molecule has 1 unspecified atom stereocenters. The number of carbonyl (C=O) groups excluding carboxylic acids is 1. The summed E-state index contributed by atoms with van der Waals surface area (Å²) in [6.07, 6.45) is 0.776. The van der Waals surface area contributed by atoms with Gasteiger partial charge in [-0.2, -0.15) is 0 Å². The van der Waals surface area contributed by atoms with Gasteiger partial charge in [-0.05, 0) is 43.3 Å². The predicted octanol–water partition coefficient (Wildman–Crippen LogP) is 2.97. The van der Waals surface area contributed by atoms with Crippen LogP contribution in [-0.4, -0.2) is 10.8 Å². The van der Waals surface area contributed by atoms with Crippen LogP contribution in [0.25, 0.3) is 0 Å². The fraction of sp³-hybridized carbons (Fsp3) is 0.0714. The first-order valence-electron chi connectivity index (χ1n) is 5.24. The van der Waals surface area contributed by atoms with E-state index < -0.39 is 11.2 Å². The number of aryl methyl sites for hydroxylation is 1. The third-order valence-corrected chi connectivity index (χ3v) is 3.87. The van der Waals surface area contributed by atoms with Crippen molar-refractivity contribution >= 4 is 17.5 Å². The molecule has 0 N–H and O–H groups in total. The molecule has 0 fully saturated rings. The van der Waals surface area contributed by atoms with Crippen molar-refractivity contribution in [3.8, 4) is 0 Å². The summed E-state index contributed by atoms with van der Waals surface area (Å²) in [7, 11) is 0. The minimum Gasteiger partial charge on any atom is -0.606 e. The highest BCUT2D eigenvalue weighted by Gasteiger charge is 2.13. The first-order valence-corrected chi connectivity index (χ1v) is 6.39. The Morgan fingerprint density at radius 2 is 1.41 bits per heavy atom. The van der Waals surface area contributed by atoms with Crippen LogP contribution in [0.3, 0.4) is 0 Å². The van der Waals surface area contributed by atoms with E-state index in [-0.39, 0.29) is 0 Å². The molecule has 86 valence electrons. The fourth-order valence-corrected chi connectivity index (χ4v) is 2.51. The molecule has 17 heavy (non-hydrogen) atoms. The number of hydrogen-bond donors (Lipinski definition) is 0. The van der Waals surface area contributed by atoms with E-state index in [9.17, 15) is 9.35 Å². The topological polar surface area (TPSA) is 40.1 Å². The molecule has 2 aromatic rings. The van der Waals surface area contributed by atoms with Gasteiger partial charge in [0.2, 0.25) is 0 Å². The first-order chi connectivity index (χ1) is 8.20. The number of hydrogen-bond acceptors (Lipinski definition) is 2. The lowest BCUT2D eigenvalue weighted by Crippen LogP contribution is -2.02. The molecule has 0 aliphatic carbocycles. The molecular formula is C14H12O2S. The van der Waals surface area contributed by atoms with Crippen LogP contribution in [0.15, 0.2) is 58.3 Å². The standard InChI is InChI=1S/C14H12O2S/c1-11-2-6-13(7-3-11)17(16)14-8-4-12(10-15)5-9-14/h2-10H,1H3. The van der Waals surface area contributed by atoms with Gasteiger partial charge in [0.05, 0.1) is 0 Å². The summed E-state index contributed by atoms with van der Waals surface area (Å²) in [5.41, 5.74) is 1.73. The van der Waals surface area contributed by atoms with Crippen molar-refractivity contribution in [3.05, 3.63) is 59.7 Å². The fourth-order valence-electron chi connectivity index (χ4n) is 1.47. The summed E-state index contributed by atoms with van der Waals surface area (Å²) < 4.78 is 12.2. The van der Waals surface area contributed by atoms with Crippen LogP contribution < -0.4 is 0 Å². The molecule has 0 aliphatic rings. The van der Waals surface area contributed by atoms with E-state index in [0.717, 1.165) is 16.7 Å². The summed E-state index contributed by atoms with van der Waals surface area (Å²) in [4.78, 5) is 12.0. The summed E-state index contributed by atoms with van der Waals surface area (Å²) in [6, 6.07) is 14.4. The normalized spacial score (nSPS) is 12.1. The van der Waals surface area contributed by atoms with E-state index >= 15 is 0 Å². The first kappa shape index (κ1) is 11.9. The van der Waals surface area contributed by atoms with Gasteiger partial charge in [-0.25, -0.2) is 0 Å². The predicted molar refractivity (Wildman–Crippen MR) is 67.7 cm³/mol. The van der Waals surface area contributed by atoms with Gasteiger partial charge in [-0.15, -0.1) is 0 Å². The highest BCUT2D eigenvalue weighted by Crippen LogP contribution is 2.21. The number of aldehydes is 1. The quantitative estimate of drug-likeness (QED) is 0.615. The Labute approximate surface area is 103 Å². The molecule has 2 rings (SSSR count). The van der Waals surface area contributed by atoms with Crippen LogP contribution in [-0.2, 0) is 11.2 Å². The zero-order chi connectivity index (χ0) is 12.3. The van der Waals surface area contributed by atoms with Crippen LogP contribution in [0.4, 0.5) is 0 Å². The second kappa shape index (κ2) is 5.17. The third kappa shape index (κ3) is 2.75. The molecule has 2 aromatic carbocycles. The molecule has 0 aromatic heterocycles. The van der Waals surface area contributed by atoms with Crippen molar-refractivity contribution < 1.29 is 9.35 Å². The summed E-state index contributed by atoms with van der Waals surface area (Å²) in [5, 5.41) is 0. The van der Waals surface area contributed by atoms with Crippen molar-refractivity contribution in [2.45, 2.75) is 16.7 Å². The molecule has 3 heteroatoms. The molecule has 0 bridgehead atoms. The number of rotatable bonds is 3. The Balaban J connectivity index is 2.26. The van der Waals surface area contributed by atoms with Gasteiger partial charge < -0.3 is 4.55 Å². The van der Waals surface area contributed by atoms with Gasteiger partial charge in [-0.1, -0.05) is 17.7 Å². The Morgan fingerprint density at radius 1 is 0.941 bits per heavy atom. The van der Waals surface area contributed by atoms with Crippen molar-refractivity contribution in [3.63, 3.8) is 0 Å². The maximum atomic E-state index is 12.2. The van der Waals surface area contributed by atoms with Crippen molar-refractivity contribution in [1.29, 1.82) is 0 Å². The lowest BCUT2D eigenvalue weighted by molar-refractivity contribution is 0.112. The number of carbonyl (C=O) groups is 1. The summed E-state index contributed by atoms with van der Waals surface area (Å²) in [6.45, 7) is 1.99. The molecular weight excluding hydrogens is 232 g/mol. The van der Waals surface area contributed by atoms with Gasteiger partial charge in [0, 0.05) is 16.7 Å². The van der Waals surface area contributed by atoms with Crippen LogP contribution in [0.2, 0.25) is 0 Å². The van der Waals surface area contributed by atoms with Crippen molar-refractivity contribution in [1.82, 2.24) is 0 Å². The Hall–Kier alpha value is -1.58. The van der Waals surface area contributed by atoms with Gasteiger partial charge in [0.25, 0.3) is 0 Å². The van der Waals surface area contributed by atoms with E-state index in [4.69, 9.17) is 0 Å². The molecule has 0 saturated heterocycles. The Morgan fingerprint density at radius 3 is 1.88 bits per heavy atom. The van der Waals surface area contributed by atoms with E-state index in [1.165, 1.54) is 0 Å². The highest BCUT2D eigenvalue weighted by atomic mass is 32.2. The van der Waals surface area contributed by atoms with Crippen LogP contribution in [0, 0.1) is 6.92 Å². The van der Waals surface area contributed by atoms with E-state index in [1.54, 1.807) is 24.3 Å². The average Bonchev–Trinajstić information content (AvgIpc) is 2.39. The summed E-state index contributed by atoms with van der Waals surface area (Å²) in [5.74, 6) is 0. The smallest absolute Gasteiger partial charge is 0.158 e. The van der Waals surface area contributed by atoms with Crippen LogP contribution >= 0.6 is 0 Å². The van der Waals surface area contributed by atoms with Crippen LogP contribution in [0.1, 0.15) is 15.9 Å². The SMILES string of the molecule is Cc1ccc([S+]([O-])c2ccc(C=O)cc2)cc1. The van der Waals surface area contributed by atoms with E-state index in [2.05, 4.69) is 0 Å². The maximum Gasteiger partial charge on any atom is 0.158 e. The van der Waals surface area contributed by atoms with Gasteiger partial charge >= 0.3 is 0 Å². The Kier molecular flexibility index (Phi) is 3.61. The van der Waals surface area contributed by atoms with Gasteiger partial charge in [-0.3, -0.25) is 4.79 Å². The maximum absolute atomic E-state index is 12.2. The van der Waals surface area contributed by atoms with Crippen LogP contribution in [0.5, 0.6) is 0 Å². The van der Waals surface area contributed by atoms with Gasteiger partial charge in [0.1, 0.15) is 6.29 Å². The highest BCUT2D eigenvalue weighted by molar-refractivity contribution is 7.91. The second-order valence-corrected chi connectivity index (χ2v) is 5.25. The number of benzene rings is 2. The van der Waals surface area contributed by atoms with Crippen molar-refractivity contribution in [2.75, 3.05) is 0 Å². The van der Waals surface area contributed by atoms with E-state index in [1.807, 2.05) is 31.2 Å². The minimum absolute atomic E-state index is 0.592. The zero-order valence-electron chi connectivity index (χ0n) is 9.42. The lowest BCUT2D eigenvalue weighted by Gasteiger charge is -2.09. The second-order valence-electron chi connectivity index (χ2n) is 3.77. The minimum atomic E-state index is -1.18. The zero-order valence-corrected chi connectivity index (χ0v) is 10.2. The largest absolute Gasteiger partial charge is 0.606 e. The molecule has 0 heterocycles. The molecule has 0 saturated carbocycles. The molecule has 0 amide bonds. The molecule has 0 radical (unpaired) electrons.